The number of hydrogen-bond donors (Lipinski definition) is 1. The Balaban J connectivity index is 1.52. The third-order valence-electron chi connectivity index (χ3n) is 4.14. The van der Waals surface area contributed by atoms with E-state index in [9.17, 15) is 9.18 Å². The van der Waals surface area contributed by atoms with Crippen molar-refractivity contribution in [1.29, 1.82) is 0 Å². The minimum atomic E-state index is -0.512. The molecule has 1 saturated carbocycles. The predicted molar refractivity (Wildman–Crippen MR) is 75.4 cm³/mol. The molecule has 1 N–H and O–H groups in total. The minimum absolute atomic E-state index is 0.0591. The Morgan fingerprint density at radius 2 is 2.05 bits per heavy atom. The van der Waals surface area contributed by atoms with Gasteiger partial charge in [-0.2, -0.15) is 0 Å². The molecule has 1 atom stereocenters. The zero-order valence-electron chi connectivity index (χ0n) is 11.9. The average molecular weight is 293 g/mol. The molecule has 2 fully saturated rings. The monoisotopic (exact) mass is 293 g/mol. The van der Waals surface area contributed by atoms with Gasteiger partial charge in [0.25, 0.3) is 5.91 Å². The van der Waals surface area contributed by atoms with Gasteiger partial charge < -0.3 is 14.8 Å². The molecule has 1 aliphatic carbocycles. The highest BCUT2D eigenvalue weighted by Gasteiger charge is 2.42. The van der Waals surface area contributed by atoms with Crippen LogP contribution in [-0.4, -0.2) is 30.9 Å². The van der Waals surface area contributed by atoms with E-state index < -0.39 is 17.5 Å². The van der Waals surface area contributed by atoms with Gasteiger partial charge in [0, 0.05) is 19.4 Å². The molecule has 0 bridgehead atoms. The van der Waals surface area contributed by atoms with Crippen LogP contribution in [-0.2, 0) is 9.47 Å². The van der Waals surface area contributed by atoms with Crippen LogP contribution in [0.4, 0.5) is 4.39 Å². The van der Waals surface area contributed by atoms with E-state index in [1.54, 1.807) is 12.1 Å². The average Bonchev–Trinajstić information content (AvgIpc) is 2.89. The van der Waals surface area contributed by atoms with Crippen molar-refractivity contribution >= 4 is 5.91 Å². The standard InChI is InChI=1S/C16H20FNO3/c17-14-7-3-2-6-13(14)15(19)18-10-12-11-20-16(21-12)8-4-1-5-9-16/h2-3,6-7,12H,1,4-5,8-11H2,(H,18,19)/t12-/m1/s1. The van der Waals surface area contributed by atoms with Crippen LogP contribution in [0.1, 0.15) is 42.5 Å². The van der Waals surface area contributed by atoms with Gasteiger partial charge in [-0.15, -0.1) is 0 Å². The molecule has 0 radical (unpaired) electrons. The molecule has 114 valence electrons. The van der Waals surface area contributed by atoms with Gasteiger partial charge in [0.05, 0.1) is 12.2 Å². The van der Waals surface area contributed by atoms with Gasteiger partial charge in [-0.25, -0.2) is 4.39 Å². The minimum Gasteiger partial charge on any atom is -0.349 e. The van der Waals surface area contributed by atoms with Crippen LogP contribution >= 0.6 is 0 Å². The first-order chi connectivity index (χ1) is 10.2. The maximum Gasteiger partial charge on any atom is 0.254 e. The number of carbonyl (C=O) groups excluding carboxylic acids is 1. The van der Waals surface area contributed by atoms with Crippen LogP contribution in [0.2, 0.25) is 0 Å². The molecule has 0 unspecified atom stereocenters. The number of carbonyl (C=O) groups is 1. The molecular weight excluding hydrogens is 273 g/mol. The molecule has 3 rings (SSSR count). The number of ether oxygens (including phenoxy) is 2. The summed E-state index contributed by atoms with van der Waals surface area (Å²) >= 11 is 0. The van der Waals surface area contributed by atoms with Gasteiger partial charge in [-0.3, -0.25) is 4.79 Å². The summed E-state index contributed by atoms with van der Waals surface area (Å²) in [6.45, 7) is 0.826. The van der Waals surface area contributed by atoms with E-state index in [1.807, 2.05) is 0 Å². The van der Waals surface area contributed by atoms with Crippen LogP contribution in [0.15, 0.2) is 24.3 Å². The summed E-state index contributed by atoms with van der Waals surface area (Å²) < 4.78 is 25.3. The van der Waals surface area contributed by atoms with Crippen molar-refractivity contribution in [3.8, 4) is 0 Å². The van der Waals surface area contributed by atoms with Crippen molar-refractivity contribution in [2.75, 3.05) is 13.2 Å². The zero-order chi connectivity index (χ0) is 14.7. The van der Waals surface area contributed by atoms with E-state index in [-0.39, 0.29) is 11.7 Å². The molecule has 1 saturated heterocycles. The molecular formula is C16H20FNO3. The molecule has 0 aromatic heterocycles. The number of amides is 1. The molecule has 1 heterocycles. The van der Waals surface area contributed by atoms with Crippen molar-refractivity contribution in [3.05, 3.63) is 35.6 Å². The molecule has 1 aliphatic heterocycles. The Bertz CT molecular complexity index is 514. The number of hydrogen-bond acceptors (Lipinski definition) is 3. The second kappa shape index (κ2) is 6.12. The van der Waals surface area contributed by atoms with Gasteiger partial charge in [-0.05, 0) is 25.0 Å². The zero-order valence-corrected chi connectivity index (χ0v) is 11.9. The molecule has 1 amide bonds. The van der Waals surface area contributed by atoms with Crippen molar-refractivity contribution in [3.63, 3.8) is 0 Å². The number of nitrogens with one attached hydrogen (secondary N) is 1. The third-order valence-corrected chi connectivity index (χ3v) is 4.14. The van der Waals surface area contributed by atoms with E-state index >= 15 is 0 Å². The second-order valence-electron chi connectivity index (χ2n) is 5.71. The summed E-state index contributed by atoms with van der Waals surface area (Å²) in [7, 11) is 0. The number of benzene rings is 1. The highest BCUT2D eigenvalue weighted by atomic mass is 19.1. The highest BCUT2D eigenvalue weighted by molar-refractivity contribution is 5.94. The van der Waals surface area contributed by atoms with Crippen molar-refractivity contribution in [2.24, 2.45) is 0 Å². The summed E-state index contributed by atoms with van der Waals surface area (Å²) in [5.41, 5.74) is 0.0591. The molecule has 2 aliphatic rings. The highest BCUT2D eigenvalue weighted by Crippen LogP contribution is 2.37. The van der Waals surface area contributed by atoms with Crippen LogP contribution in [0, 0.1) is 5.82 Å². The lowest BCUT2D eigenvalue weighted by atomic mass is 9.94. The molecule has 1 aromatic carbocycles. The van der Waals surface area contributed by atoms with Crippen LogP contribution in [0.5, 0.6) is 0 Å². The van der Waals surface area contributed by atoms with Crippen LogP contribution < -0.4 is 5.32 Å². The number of rotatable bonds is 3. The largest absolute Gasteiger partial charge is 0.349 e. The van der Waals surface area contributed by atoms with Gasteiger partial charge in [0.15, 0.2) is 5.79 Å². The van der Waals surface area contributed by atoms with Crippen molar-refractivity contribution in [1.82, 2.24) is 5.32 Å². The second-order valence-corrected chi connectivity index (χ2v) is 5.71. The number of halogens is 1. The topological polar surface area (TPSA) is 47.6 Å². The van der Waals surface area contributed by atoms with E-state index in [4.69, 9.17) is 9.47 Å². The van der Waals surface area contributed by atoms with Crippen molar-refractivity contribution < 1.29 is 18.7 Å². The Morgan fingerprint density at radius 1 is 1.29 bits per heavy atom. The van der Waals surface area contributed by atoms with Gasteiger partial charge >= 0.3 is 0 Å². The quantitative estimate of drug-likeness (QED) is 0.932. The summed E-state index contributed by atoms with van der Waals surface area (Å²) in [6.07, 6.45) is 5.15. The Kier molecular flexibility index (Phi) is 4.22. The van der Waals surface area contributed by atoms with E-state index in [2.05, 4.69) is 5.32 Å². The first kappa shape index (κ1) is 14.5. The van der Waals surface area contributed by atoms with E-state index in [0.717, 1.165) is 25.7 Å². The maximum atomic E-state index is 13.5. The summed E-state index contributed by atoms with van der Waals surface area (Å²) in [4.78, 5) is 11.9. The lowest BCUT2D eigenvalue weighted by molar-refractivity contribution is -0.186. The molecule has 5 heteroatoms. The smallest absolute Gasteiger partial charge is 0.254 e. The SMILES string of the molecule is O=C(NC[C@@H]1COC2(CCCCC2)O1)c1ccccc1F. The maximum absolute atomic E-state index is 13.5. The van der Waals surface area contributed by atoms with Crippen molar-refractivity contribution in [2.45, 2.75) is 44.0 Å². The fraction of sp³-hybridized carbons (Fsp3) is 0.562. The van der Waals surface area contributed by atoms with Gasteiger partial charge in [0.1, 0.15) is 11.9 Å². The Labute approximate surface area is 123 Å². The van der Waals surface area contributed by atoms with Gasteiger partial charge in [-0.1, -0.05) is 18.6 Å². The molecule has 1 aromatic rings. The summed E-state index contributed by atoms with van der Waals surface area (Å²) in [5, 5.41) is 2.72. The predicted octanol–water partition coefficient (Wildman–Crippen LogP) is 2.63. The molecule has 4 nitrogen and oxygen atoms in total. The fourth-order valence-electron chi connectivity index (χ4n) is 3.02. The summed E-state index contributed by atoms with van der Waals surface area (Å²) in [6, 6.07) is 5.96. The lowest BCUT2D eigenvalue weighted by Gasteiger charge is -2.31. The van der Waals surface area contributed by atoms with Crippen LogP contribution in [0.3, 0.4) is 0 Å². The lowest BCUT2D eigenvalue weighted by Crippen LogP contribution is -2.37. The summed E-state index contributed by atoms with van der Waals surface area (Å²) in [5.74, 6) is -1.37. The van der Waals surface area contributed by atoms with E-state index in [1.165, 1.54) is 18.6 Å². The Morgan fingerprint density at radius 3 is 2.81 bits per heavy atom. The molecule has 1 spiro atoms. The first-order valence-corrected chi connectivity index (χ1v) is 7.53. The molecule has 21 heavy (non-hydrogen) atoms. The van der Waals surface area contributed by atoms with Gasteiger partial charge in [0.2, 0.25) is 0 Å². The fourth-order valence-corrected chi connectivity index (χ4v) is 3.02. The van der Waals surface area contributed by atoms with Crippen LogP contribution in [0.25, 0.3) is 0 Å². The first-order valence-electron chi connectivity index (χ1n) is 7.53. The van der Waals surface area contributed by atoms with E-state index in [0.29, 0.717) is 13.2 Å². The third kappa shape index (κ3) is 3.24. The normalized spacial score (nSPS) is 24.1. The Hall–Kier alpha value is -1.46.